The van der Waals surface area contributed by atoms with Crippen LogP contribution in [-0.2, 0) is 9.53 Å². The smallest absolute Gasteiger partial charge is 0.340 e. The summed E-state index contributed by atoms with van der Waals surface area (Å²) < 4.78 is 10.6. The van der Waals surface area contributed by atoms with Gasteiger partial charge in [-0.1, -0.05) is 54.1 Å². The minimum Gasteiger partial charge on any atom is -0.497 e. The Morgan fingerprint density at radius 3 is 2.50 bits per heavy atom. The Labute approximate surface area is 207 Å². The molecule has 3 aromatic rings. The molecule has 4 rings (SSSR count). The third-order valence-corrected chi connectivity index (χ3v) is 6.55. The van der Waals surface area contributed by atoms with Gasteiger partial charge in [-0.15, -0.1) is 11.8 Å². The SMILES string of the molecule is COc1ccc(C2CC(c3ccccc3)=NN2C(=O)COC(=O)c2cc(SC)ccc2Cl)cc1. The average Bonchev–Trinajstić information content (AvgIpc) is 3.33. The number of amides is 1. The number of thioether (sulfide) groups is 1. The number of halogens is 1. The Balaban J connectivity index is 1.54. The van der Waals surface area contributed by atoms with Gasteiger partial charge in [0, 0.05) is 11.3 Å². The van der Waals surface area contributed by atoms with Crippen molar-refractivity contribution >= 4 is 41.0 Å². The van der Waals surface area contributed by atoms with Gasteiger partial charge in [0.1, 0.15) is 5.75 Å². The summed E-state index contributed by atoms with van der Waals surface area (Å²) in [7, 11) is 1.60. The highest BCUT2D eigenvalue weighted by Crippen LogP contribution is 2.33. The van der Waals surface area contributed by atoms with E-state index in [1.807, 2.05) is 66.9 Å². The summed E-state index contributed by atoms with van der Waals surface area (Å²) >= 11 is 7.65. The van der Waals surface area contributed by atoms with Gasteiger partial charge in [0.05, 0.1) is 29.4 Å². The first-order chi connectivity index (χ1) is 16.5. The van der Waals surface area contributed by atoms with E-state index in [0.29, 0.717) is 6.42 Å². The van der Waals surface area contributed by atoms with Crippen molar-refractivity contribution in [2.24, 2.45) is 5.10 Å². The van der Waals surface area contributed by atoms with Gasteiger partial charge in [-0.3, -0.25) is 4.79 Å². The number of carbonyl (C=O) groups excluding carboxylic acids is 2. The summed E-state index contributed by atoms with van der Waals surface area (Å²) in [4.78, 5) is 26.7. The molecule has 8 heteroatoms. The molecule has 1 atom stereocenters. The van der Waals surface area contributed by atoms with Crippen molar-refractivity contribution in [3.8, 4) is 5.75 Å². The van der Waals surface area contributed by atoms with Crippen LogP contribution >= 0.6 is 23.4 Å². The van der Waals surface area contributed by atoms with Crippen molar-refractivity contribution in [1.29, 1.82) is 0 Å². The van der Waals surface area contributed by atoms with Crippen molar-refractivity contribution in [3.63, 3.8) is 0 Å². The minimum atomic E-state index is -0.651. The molecular formula is C26H23ClN2O4S. The first kappa shape index (κ1) is 23.9. The molecule has 6 nitrogen and oxygen atoms in total. The molecule has 174 valence electrons. The lowest BCUT2D eigenvalue weighted by atomic mass is 9.98. The third kappa shape index (κ3) is 5.26. The Bertz CT molecular complexity index is 1220. The predicted molar refractivity (Wildman–Crippen MR) is 134 cm³/mol. The average molecular weight is 495 g/mol. The van der Waals surface area contributed by atoms with Gasteiger partial charge in [0.25, 0.3) is 5.91 Å². The number of hydrogen-bond donors (Lipinski definition) is 0. The van der Waals surface area contributed by atoms with Gasteiger partial charge in [0.2, 0.25) is 0 Å². The van der Waals surface area contributed by atoms with Crippen LogP contribution in [0.15, 0.2) is 82.8 Å². The summed E-state index contributed by atoms with van der Waals surface area (Å²) in [6, 6.07) is 22.0. The van der Waals surface area contributed by atoms with Gasteiger partial charge < -0.3 is 9.47 Å². The fourth-order valence-electron chi connectivity index (χ4n) is 3.69. The lowest BCUT2D eigenvalue weighted by molar-refractivity contribution is -0.136. The first-order valence-electron chi connectivity index (χ1n) is 10.6. The Morgan fingerprint density at radius 1 is 1.09 bits per heavy atom. The van der Waals surface area contributed by atoms with Crippen LogP contribution < -0.4 is 4.74 Å². The van der Waals surface area contributed by atoms with E-state index in [1.54, 1.807) is 19.2 Å². The fraction of sp³-hybridized carbons (Fsp3) is 0.192. The lowest BCUT2D eigenvalue weighted by Gasteiger charge is -2.22. The van der Waals surface area contributed by atoms with Crippen molar-refractivity contribution < 1.29 is 19.1 Å². The van der Waals surface area contributed by atoms with E-state index < -0.39 is 18.5 Å². The molecule has 0 radical (unpaired) electrons. The van der Waals surface area contributed by atoms with Crippen LogP contribution in [0, 0.1) is 0 Å². The minimum absolute atomic E-state index is 0.225. The van der Waals surface area contributed by atoms with Crippen LogP contribution in [0.1, 0.15) is 33.9 Å². The molecule has 0 fully saturated rings. The molecule has 0 N–H and O–H groups in total. The molecule has 1 heterocycles. The highest BCUT2D eigenvalue weighted by atomic mass is 35.5. The van der Waals surface area contributed by atoms with Gasteiger partial charge >= 0.3 is 5.97 Å². The third-order valence-electron chi connectivity index (χ3n) is 5.49. The topological polar surface area (TPSA) is 68.2 Å². The zero-order valence-corrected chi connectivity index (χ0v) is 20.3. The van der Waals surface area contributed by atoms with Crippen LogP contribution in [0.4, 0.5) is 0 Å². The van der Waals surface area contributed by atoms with Crippen molar-refractivity contribution in [1.82, 2.24) is 5.01 Å². The zero-order chi connectivity index (χ0) is 24.1. The van der Waals surface area contributed by atoms with Gasteiger partial charge in [-0.25, -0.2) is 9.80 Å². The molecule has 0 saturated heterocycles. The molecule has 1 aliphatic heterocycles. The number of hydrogen-bond acceptors (Lipinski definition) is 6. The highest BCUT2D eigenvalue weighted by molar-refractivity contribution is 7.98. The number of rotatable bonds is 7. The van der Waals surface area contributed by atoms with Crippen LogP contribution in [0.5, 0.6) is 5.75 Å². The second-order valence-electron chi connectivity index (χ2n) is 7.57. The molecule has 0 bridgehead atoms. The van der Waals surface area contributed by atoms with Crippen molar-refractivity contribution in [3.05, 3.63) is 94.5 Å². The monoisotopic (exact) mass is 494 g/mol. The van der Waals surface area contributed by atoms with E-state index in [0.717, 1.165) is 27.5 Å². The Kier molecular flexibility index (Phi) is 7.55. The zero-order valence-electron chi connectivity index (χ0n) is 18.7. The van der Waals surface area contributed by atoms with E-state index in [2.05, 4.69) is 5.10 Å². The summed E-state index contributed by atoms with van der Waals surface area (Å²) in [5, 5.41) is 6.28. The number of ether oxygens (including phenoxy) is 2. The molecule has 0 spiro atoms. The van der Waals surface area contributed by atoms with Crippen LogP contribution in [0.2, 0.25) is 5.02 Å². The number of esters is 1. The lowest BCUT2D eigenvalue weighted by Crippen LogP contribution is -2.31. The molecule has 34 heavy (non-hydrogen) atoms. The largest absolute Gasteiger partial charge is 0.497 e. The van der Waals surface area contributed by atoms with E-state index in [4.69, 9.17) is 21.1 Å². The van der Waals surface area contributed by atoms with Crippen LogP contribution in [0.25, 0.3) is 0 Å². The van der Waals surface area contributed by atoms with E-state index >= 15 is 0 Å². The van der Waals surface area contributed by atoms with Crippen molar-refractivity contribution in [2.45, 2.75) is 17.4 Å². The Hall–Kier alpha value is -3.29. The molecule has 1 aliphatic rings. The predicted octanol–water partition coefficient (Wildman–Crippen LogP) is 5.61. The van der Waals surface area contributed by atoms with Gasteiger partial charge in [0.15, 0.2) is 6.61 Å². The number of methoxy groups -OCH3 is 1. The quantitative estimate of drug-likeness (QED) is 0.315. The molecular weight excluding hydrogens is 472 g/mol. The summed E-state index contributed by atoms with van der Waals surface area (Å²) in [5.41, 5.74) is 2.86. The summed E-state index contributed by atoms with van der Waals surface area (Å²) in [5.74, 6) is -0.346. The molecule has 0 saturated carbocycles. The van der Waals surface area contributed by atoms with Crippen molar-refractivity contribution in [2.75, 3.05) is 20.0 Å². The first-order valence-corrected chi connectivity index (χ1v) is 12.2. The fourth-order valence-corrected chi connectivity index (χ4v) is 4.32. The number of benzene rings is 3. The molecule has 0 aromatic heterocycles. The van der Waals surface area contributed by atoms with E-state index in [9.17, 15) is 9.59 Å². The molecule has 0 aliphatic carbocycles. The molecule has 1 unspecified atom stereocenters. The van der Waals surface area contributed by atoms with Crippen LogP contribution in [-0.4, -0.2) is 42.6 Å². The summed E-state index contributed by atoms with van der Waals surface area (Å²) in [6.07, 6.45) is 2.44. The standard InChI is InChI=1S/C26H23ClN2O4S/c1-32-19-10-8-18(9-11-19)24-15-23(17-6-4-3-5-7-17)28-29(24)25(30)16-33-26(31)21-14-20(34-2)12-13-22(21)27/h3-14,24H,15-16H2,1-2H3. The normalized spacial score (nSPS) is 15.1. The second kappa shape index (κ2) is 10.8. The second-order valence-corrected chi connectivity index (χ2v) is 8.85. The van der Waals surface area contributed by atoms with Gasteiger partial charge in [-0.2, -0.15) is 5.10 Å². The molecule has 3 aromatic carbocycles. The van der Waals surface area contributed by atoms with E-state index in [1.165, 1.54) is 16.8 Å². The number of hydrazone groups is 1. The van der Waals surface area contributed by atoms with Crippen LogP contribution in [0.3, 0.4) is 0 Å². The van der Waals surface area contributed by atoms with E-state index in [-0.39, 0.29) is 16.6 Å². The maximum atomic E-state index is 13.2. The highest BCUT2D eigenvalue weighted by Gasteiger charge is 2.33. The molecule has 1 amide bonds. The Morgan fingerprint density at radius 2 is 1.82 bits per heavy atom. The summed E-state index contributed by atoms with van der Waals surface area (Å²) in [6.45, 7) is -0.448. The number of nitrogens with zero attached hydrogens (tertiary/aromatic N) is 2. The number of carbonyl (C=O) groups is 2. The maximum Gasteiger partial charge on any atom is 0.340 e. The van der Waals surface area contributed by atoms with Gasteiger partial charge in [-0.05, 0) is 47.7 Å². The maximum absolute atomic E-state index is 13.2.